The Labute approximate surface area is 161 Å². The largest absolute Gasteiger partial charge is 0.465 e. The molecule has 0 aromatic heterocycles. The maximum atomic E-state index is 13.0. The normalized spacial score (nSPS) is 11.1. The quantitative estimate of drug-likeness (QED) is 0.518. The predicted molar refractivity (Wildman–Crippen MR) is 105 cm³/mol. The van der Waals surface area contributed by atoms with Gasteiger partial charge in [0.2, 0.25) is 0 Å². The lowest BCUT2D eigenvalue weighted by molar-refractivity contribution is -0.172. The molecule has 4 heteroatoms. The minimum atomic E-state index is -1.41. The Morgan fingerprint density at radius 1 is 0.704 bits per heavy atom. The number of carbonyl (C=O) groups excluding carboxylic acids is 2. The van der Waals surface area contributed by atoms with Gasteiger partial charge in [0, 0.05) is 0 Å². The third-order valence-electron chi connectivity index (χ3n) is 4.59. The highest BCUT2D eigenvalue weighted by molar-refractivity contribution is 6.00. The molecule has 0 heterocycles. The second kappa shape index (κ2) is 9.36. The highest BCUT2D eigenvalue weighted by atomic mass is 16.6. The first kappa shape index (κ1) is 20.7. The van der Waals surface area contributed by atoms with Crippen LogP contribution in [0.25, 0.3) is 0 Å². The Bertz CT molecular complexity index is 692. The Morgan fingerprint density at radius 3 is 1.33 bits per heavy atom. The molecule has 144 valence electrons. The second-order valence-electron chi connectivity index (χ2n) is 6.85. The lowest BCUT2D eigenvalue weighted by Crippen LogP contribution is -2.45. The number of rotatable bonds is 8. The molecular formula is C23H28O4. The first-order chi connectivity index (χ1) is 12.9. The lowest BCUT2D eigenvalue weighted by Gasteiger charge is -2.29. The summed E-state index contributed by atoms with van der Waals surface area (Å²) in [6, 6.07) is 15.7. The summed E-state index contributed by atoms with van der Waals surface area (Å²) < 4.78 is 10.7. The molecule has 27 heavy (non-hydrogen) atoms. The summed E-state index contributed by atoms with van der Waals surface area (Å²) in [5, 5.41) is 0. The van der Waals surface area contributed by atoms with Gasteiger partial charge in [-0.25, -0.2) is 0 Å². The summed E-state index contributed by atoms with van der Waals surface area (Å²) in [7, 11) is 0. The van der Waals surface area contributed by atoms with Crippen LogP contribution in [0.2, 0.25) is 0 Å². The highest BCUT2D eigenvalue weighted by Crippen LogP contribution is 2.32. The SMILES string of the molecule is CCOC(=O)C(Cc1ccc(C)cc1)(Cc1ccc(C)cc1)C(=O)OCC. The van der Waals surface area contributed by atoms with Crippen molar-refractivity contribution in [2.24, 2.45) is 5.41 Å². The average Bonchev–Trinajstić information content (AvgIpc) is 2.65. The molecule has 0 amide bonds. The molecule has 0 fully saturated rings. The van der Waals surface area contributed by atoms with Crippen LogP contribution in [0.5, 0.6) is 0 Å². The van der Waals surface area contributed by atoms with Gasteiger partial charge in [-0.3, -0.25) is 9.59 Å². The molecular weight excluding hydrogens is 340 g/mol. The molecule has 0 saturated heterocycles. The molecule has 0 atom stereocenters. The van der Waals surface area contributed by atoms with E-state index < -0.39 is 17.4 Å². The van der Waals surface area contributed by atoms with Gasteiger partial charge in [0.1, 0.15) is 0 Å². The van der Waals surface area contributed by atoms with E-state index in [9.17, 15) is 9.59 Å². The molecule has 0 radical (unpaired) electrons. The first-order valence-corrected chi connectivity index (χ1v) is 9.37. The Balaban J connectivity index is 2.49. The summed E-state index contributed by atoms with van der Waals surface area (Å²) in [5.74, 6) is -1.07. The number of hydrogen-bond donors (Lipinski definition) is 0. The predicted octanol–water partition coefficient (Wildman–Crippen LogP) is 4.20. The van der Waals surface area contributed by atoms with Crippen molar-refractivity contribution in [3.63, 3.8) is 0 Å². The van der Waals surface area contributed by atoms with Crippen LogP contribution in [-0.4, -0.2) is 25.2 Å². The monoisotopic (exact) mass is 368 g/mol. The van der Waals surface area contributed by atoms with Crippen molar-refractivity contribution in [1.82, 2.24) is 0 Å². The molecule has 2 aromatic carbocycles. The van der Waals surface area contributed by atoms with Gasteiger partial charge in [-0.2, -0.15) is 0 Å². The highest BCUT2D eigenvalue weighted by Gasteiger charge is 2.49. The third kappa shape index (κ3) is 5.19. The number of ether oxygens (including phenoxy) is 2. The Hall–Kier alpha value is -2.62. The van der Waals surface area contributed by atoms with E-state index in [0.29, 0.717) is 0 Å². The van der Waals surface area contributed by atoms with Crippen molar-refractivity contribution in [3.05, 3.63) is 70.8 Å². The maximum Gasteiger partial charge on any atom is 0.324 e. The minimum Gasteiger partial charge on any atom is -0.465 e. The minimum absolute atomic E-state index is 0.210. The number of esters is 2. The van der Waals surface area contributed by atoms with Gasteiger partial charge in [0.25, 0.3) is 0 Å². The summed E-state index contributed by atoms with van der Waals surface area (Å²) in [6.07, 6.45) is 0.470. The molecule has 2 rings (SSSR count). The smallest absolute Gasteiger partial charge is 0.324 e. The summed E-state index contributed by atoms with van der Waals surface area (Å²) in [5.41, 5.74) is 2.63. The fourth-order valence-electron chi connectivity index (χ4n) is 3.08. The molecule has 0 unspecified atom stereocenters. The van der Waals surface area contributed by atoms with E-state index >= 15 is 0 Å². The van der Waals surface area contributed by atoms with E-state index in [1.165, 1.54) is 0 Å². The van der Waals surface area contributed by atoms with E-state index in [1.54, 1.807) is 13.8 Å². The van der Waals surface area contributed by atoms with E-state index in [2.05, 4.69) is 0 Å². The molecule has 0 bridgehead atoms. The van der Waals surface area contributed by atoms with Crippen molar-refractivity contribution in [1.29, 1.82) is 0 Å². The van der Waals surface area contributed by atoms with Crippen molar-refractivity contribution >= 4 is 11.9 Å². The van der Waals surface area contributed by atoms with Crippen molar-refractivity contribution < 1.29 is 19.1 Å². The summed E-state index contributed by atoms with van der Waals surface area (Å²) in [4.78, 5) is 26.0. The number of carbonyl (C=O) groups is 2. The molecule has 0 aliphatic heterocycles. The van der Waals surface area contributed by atoms with E-state index in [0.717, 1.165) is 22.3 Å². The van der Waals surface area contributed by atoms with Crippen LogP contribution in [0.15, 0.2) is 48.5 Å². The Kier molecular flexibility index (Phi) is 7.17. The average molecular weight is 368 g/mol. The van der Waals surface area contributed by atoms with Crippen LogP contribution in [0, 0.1) is 19.3 Å². The van der Waals surface area contributed by atoms with Gasteiger partial charge in [-0.05, 0) is 51.7 Å². The zero-order valence-corrected chi connectivity index (χ0v) is 16.6. The van der Waals surface area contributed by atoms with Crippen LogP contribution in [0.1, 0.15) is 36.1 Å². The van der Waals surface area contributed by atoms with Crippen LogP contribution in [0.4, 0.5) is 0 Å². The Morgan fingerprint density at radius 2 is 1.04 bits per heavy atom. The lowest BCUT2D eigenvalue weighted by atomic mass is 9.76. The first-order valence-electron chi connectivity index (χ1n) is 9.37. The van der Waals surface area contributed by atoms with E-state index in [4.69, 9.17) is 9.47 Å². The van der Waals surface area contributed by atoms with Gasteiger partial charge < -0.3 is 9.47 Å². The second-order valence-corrected chi connectivity index (χ2v) is 6.85. The summed E-state index contributed by atoms with van der Waals surface area (Å²) in [6.45, 7) is 7.90. The molecule has 0 spiro atoms. The number of aryl methyl sites for hydroxylation is 2. The van der Waals surface area contributed by atoms with Gasteiger partial charge in [0.05, 0.1) is 13.2 Å². The number of benzene rings is 2. The molecule has 0 aliphatic rings. The topological polar surface area (TPSA) is 52.6 Å². The molecule has 0 saturated carbocycles. The van der Waals surface area contributed by atoms with Gasteiger partial charge >= 0.3 is 11.9 Å². The number of hydrogen-bond acceptors (Lipinski definition) is 4. The molecule has 0 N–H and O–H groups in total. The fraction of sp³-hybridized carbons (Fsp3) is 0.391. The van der Waals surface area contributed by atoms with Crippen molar-refractivity contribution in [2.75, 3.05) is 13.2 Å². The van der Waals surface area contributed by atoms with Crippen LogP contribution in [0.3, 0.4) is 0 Å². The third-order valence-corrected chi connectivity index (χ3v) is 4.59. The van der Waals surface area contributed by atoms with Gasteiger partial charge in [0.15, 0.2) is 5.41 Å². The molecule has 2 aromatic rings. The van der Waals surface area contributed by atoms with E-state index in [1.807, 2.05) is 62.4 Å². The van der Waals surface area contributed by atoms with Gasteiger partial charge in [-0.1, -0.05) is 59.7 Å². The summed E-state index contributed by atoms with van der Waals surface area (Å²) >= 11 is 0. The van der Waals surface area contributed by atoms with Crippen LogP contribution in [-0.2, 0) is 31.9 Å². The van der Waals surface area contributed by atoms with Crippen molar-refractivity contribution in [3.8, 4) is 0 Å². The standard InChI is InChI=1S/C23H28O4/c1-5-26-21(24)23(22(25)27-6-2,15-19-11-7-17(3)8-12-19)16-20-13-9-18(4)10-14-20/h7-14H,5-6,15-16H2,1-4H3. The zero-order valence-electron chi connectivity index (χ0n) is 16.6. The van der Waals surface area contributed by atoms with Gasteiger partial charge in [-0.15, -0.1) is 0 Å². The van der Waals surface area contributed by atoms with Crippen LogP contribution >= 0.6 is 0 Å². The molecule has 0 aliphatic carbocycles. The van der Waals surface area contributed by atoms with Crippen LogP contribution < -0.4 is 0 Å². The fourth-order valence-corrected chi connectivity index (χ4v) is 3.08. The van der Waals surface area contributed by atoms with Crippen molar-refractivity contribution in [2.45, 2.75) is 40.5 Å². The van der Waals surface area contributed by atoms with E-state index in [-0.39, 0.29) is 26.1 Å². The maximum absolute atomic E-state index is 13.0. The molecule has 4 nitrogen and oxygen atoms in total. The zero-order chi connectivity index (χ0) is 19.9.